The summed E-state index contributed by atoms with van der Waals surface area (Å²) in [4.78, 5) is 26.8. The SMILES string of the molecule is C[C@H]1CN(CCc2ccccc2)C(=O)[C@@H]1CC(=O)Nc1ccccc1. The second kappa shape index (κ2) is 7.97. The first kappa shape index (κ1) is 17.2. The molecule has 1 N–H and O–H groups in total. The Morgan fingerprint density at radius 3 is 2.40 bits per heavy atom. The van der Waals surface area contributed by atoms with Crippen molar-refractivity contribution < 1.29 is 9.59 Å². The van der Waals surface area contributed by atoms with Gasteiger partial charge in [-0.1, -0.05) is 55.5 Å². The molecule has 0 saturated carbocycles. The third kappa shape index (κ3) is 4.47. The maximum absolute atomic E-state index is 12.7. The maximum atomic E-state index is 12.7. The summed E-state index contributed by atoms with van der Waals surface area (Å²) in [6.07, 6.45) is 1.10. The van der Waals surface area contributed by atoms with Crippen molar-refractivity contribution in [1.29, 1.82) is 0 Å². The lowest BCUT2D eigenvalue weighted by Crippen LogP contribution is -2.30. The van der Waals surface area contributed by atoms with Crippen molar-refractivity contribution in [3.63, 3.8) is 0 Å². The Morgan fingerprint density at radius 1 is 1.08 bits per heavy atom. The molecule has 1 saturated heterocycles. The van der Waals surface area contributed by atoms with E-state index < -0.39 is 0 Å². The van der Waals surface area contributed by atoms with Crippen LogP contribution in [-0.2, 0) is 16.0 Å². The van der Waals surface area contributed by atoms with E-state index in [4.69, 9.17) is 0 Å². The Bertz CT molecular complexity index is 715. The lowest BCUT2D eigenvalue weighted by Gasteiger charge is -2.16. The zero-order valence-corrected chi connectivity index (χ0v) is 14.5. The first-order valence-corrected chi connectivity index (χ1v) is 8.81. The number of anilines is 1. The van der Waals surface area contributed by atoms with E-state index in [-0.39, 0.29) is 30.1 Å². The minimum absolute atomic E-state index is 0.0960. The molecule has 0 radical (unpaired) electrons. The van der Waals surface area contributed by atoms with E-state index in [1.807, 2.05) is 53.4 Å². The van der Waals surface area contributed by atoms with E-state index in [2.05, 4.69) is 24.4 Å². The van der Waals surface area contributed by atoms with Gasteiger partial charge < -0.3 is 10.2 Å². The van der Waals surface area contributed by atoms with Gasteiger partial charge in [-0.15, -0.1) is 0 Å². The molecule has 1 heterocycles. The van der Waals surface area contributed by atoms with Crippen LogP contribution in [0.25, 0.3) is 0 Å². The number of hydrogen-bond donors (Lipinski definition) is 1. The van der Waals surface area contributed by atoms with Gasteiger partial charge in [0, 0.05) is 25.2 Å². The predicted molar refractivity (Wildman–Crippen MR) is 99.1 cm³/mol. The molecule has 25 heavy (non-hydrogen) atoms. The smallest absolute Gasteiger partial charge is 0.226 e. The molecule has 0 unspecified atom stereocenters. The van der Waals surface area contributed by atoms with Gasteiger partial charge in [-0.2, -0.15) is 0 Å². The number of hydrogen-bond acceptors (Lipinski definition) is 2. The topological polar surface area (TPSA) is 49.4 Å². The molecule has 4 nitrogen and oxygen atoms in total. The van der Waals surface area contributed by atoms with Gasteiger partial charge in [0.25, 0.3) is 0 Å². The Balaban J connectivity index is 1.54. The number of carbonyl (C=O) groups is 2. The molecule has 1 aliphatic rings. The van der Waals surface area contributed by atoms with E-state index in [1.54, 1.807) is 0 Å². The Hall–Kier alpha value is -2.62. The van der Waals surface area contributed by atoms with Crippen molar-refractivity contribution in [1.82, 2.24) is 4.90 Å². The van der Waals surface area contributed by atoms with E-state index in [0.29, 0.717) is 6.54 Å². The average Bonchev–Trinajstić information content (AvgIpc) is 2.89. The van der Waals surface area contributed by atoms with Crippen molar-refractivity contribution in [2.75, 3.05) is 18.4 Å². The predicted octanol–water partition coefficient (Wildman–Crippen LogP) is 3.35. The van der Waals surface area contributed by atoms with E-state index in [0.717, 1.165) is 18.7 Å². The number of rotatable bonds is 6. The number of para-hydroxylation sites is 1. The van der Waals surface area contributed by atoms with Crippen molar-refractivity contribution >= 4 is 17.5 Å². The van der Waals surface area contributed by atoms with Crippen molar-refractivity contribution in [2.24, 2.45) is 11.8 Å². The molecule has 2 atom stereocenters. The monoisotopic (exact) mass is 336 g/mol. The van der Waals surface area contributed by atoms with Gasteiger partial charge in [0.1, 0.15) is 0 Å². The summed E-state index contributed by atoms with van der Waals surface area (Å²) in [5.41, 5.74) is 2.00. The molecule has 2 aromatic rings. The molecule has 4 heteroatoms. The fraction of sp³-hybridized carbons (Fsp3) is 0.333. The molecule has 130 valence electrons. The molecule has 2 amide bonds. The molecule has 0 aromatic heterocycles. The molecular weight excluding hydrogens is 312 g/mol. The third-order valence-electron chi connectivity index (χ3n) is 4.80. The highest BCUT2D eigenvalue weighted by Gasteiger charge is 2.38. The van der Waals surface area contributed by atoms with Gasteiger partial charge in [0.2, 0.25) is 11.8 Å². The van der Waals surface area contributed by atoms with E-state index in [9.17, 15) is 9.59 Å². The van der Waals surface area contributed by atoms with Crippen LogP contribution in [0.5, 0.6) is 0 Å². The van der Waals surface area contributed by atoms with Gasteiger partial charge in [0.05, 0.1) is 5.92 Å². The molecular formula is C21H24N2O2. The second-order valence-corrected chi connectivity index (χ2v) is 6.72. The summed E-state index contributed by atoms with van der Waals surface area (Å²) in [5.74, 6) is -0.0164. The molecule has 3 rings (SSSR count). The number of nitrogens with zero attached hydrogens (tertiary/aromatic N) is 1. The summed E-state index contributed by atoms with van der Waals surface area (Å²) < 4.78 is 0. The maximum Gasteiger partial charge on any atom is 0.226 e. The van der Waals surface area contributed by atoms with Crippen molar-refractivity contribution in [2.45, 2.75) is 19.8 Å². The highest BCUT2D eigenvalue weighted by Crippen LogP contribution is 2.28. The zero-order chi connectivity index (χ0) is 17.6. The van der Waals surface area contributed by atoms with Crippen LogP contribution in [0.1, 0.15) is 18.9 Å². The first-order chi connectivity index (χ1) is 12.1. The standard InChI is InChI=1S/C21H24N2O2/c1-16-15-23(13-12-17-8-4-2-5-9-17)21(25)19(16)14-20(24)22-18-10-6-3-7-11-18/h2-11,16,19H,12-15H2,1H3,(H,22,24)/t16-,19+/m0/s1. The fourth-order valence-electron chi connectivity index (χ4n) is 3.37. The number of nitrogens with one attached hydrogen (secondary N) is 1. The van der Waals surface area contributed by atoms with Crippen molar-refractivity contribution in [3.05, 3.63) is 66.2 Å². The molecule has 0 bridgehead atoms. The normalized spacial score (nSPS) is 19.9. The van der Waals surface area contributed by atoms with Crippen LogP contribution in [0.2, 0.25) is 0 Å². The second-order valence-electron chi connectivity index (χ2n) is 6.72. The van der Waals surface area contributed by atoms with Gasteiger partial charge >= 0.3 is 0 Å². The van der Waals surface area contributed by atoms with Crippen LogP contribution in [0.4, 0.5) is 5.69 Å². The molecule has 0 aliphatic carbocycles. The van der Waals surface area contributed by atoms with Crippen molar-refractivity contribution in [3.8, 4) is 0 Å². The lowest BCUT2D eigenvalue weighted by atomic mass is 9.94. The van der Waals surface area contributed by atoms with Crippen LogP contribution >= 0.6 is 0 Å². The van der Waals surface area contributed by atoms with Crippen LogP contribution in [0.3, 0.4) is 0 Å². The number of likely N-dealkylation sites (tertiary alicyclic amines) is 1. The van der Waals surface area contributed by atoms with Gasteiger partial charge in [-0.25, -0.2) is 0 Å². The fourth-order valence-corrected chi connectivity index (χ4v) is 3.37. The largest absolute Gasteiger partial charge is 0.342 e. The minimum Gasteiger partial charge on any atom is -0.342 e. The van der Waals surface area contributed by atoms with Crippen LogP contribution in [-0.4, -0.2) is 29.8 Å². The Morgan fingerprint density at radius 2 is 1.72 bits per heavy atom. The molecule has 1 fully saturated rings. The third-order valence-corrected chi connectivity index (χ3v) is 4.80. The number of carbonyl (C=O) groups excluding carboxylic acids is 2. The lowest BCUT2D eigenvalue weighted by molar-refractivity contribution is -0.133. The first-order valence-electron chi connectivity index (χ1n) is 8.81. The number of benzene rings is 2. The highest BCUT2D eigenvalue weighted by atomic mass is 16.2. The quantitative estimate of drug-likeness (QED) is 0.879. The van der Waals surface area contributed by atoms with Gasteiger partial charge in [-0.05, 0) is 30.0 Å². The van der Waals surface area contributed by atoms with Gasteiger partial charge in [0.15, 0.2) is 0 Å². The van der Waals surface area contributed by atoms with Crippen LogP contribution in [0.15, 0.2) is 60.7 Å². The number of amides is 2. The summed E-state index contributed by atoms with van der Waals surface area (Å²) >= 11 is 0. The minimum atomic E-state index is -0.223. The molecule has 2 aromatic carbocycles. The van der Waals surface area contributed by atoms with Gasteiger partial charge in [-0.3, -0.25) is 9.59 Å². The summed E-state index contributed by atoms with van der Waals surface area (Å²) in [7, 11) is 0. The van der Waals surface area contributed by atoms with Crippen LogP contribution < -0.4 is 5.32 Å². The van der Waals surface area contributed by atoms with Crippen LogP contribution in [0, 0.1) is 11.8 Å². The molecule has 1 aliphatic heterocycles. The summed E-state index contributed by atoms with van der Waals surface area (Å²) in [5, 5.41) is 2.87. The average molecular weight is 336 g/mol. The summed E-state index contributed by atoms with van der Waals surface area (Å²) in [6, 6.07) is 19.5. The Labute approximate surface area is 148 Å². The Kier molecular flexibility index (Phi) is 5.49. The van der Waals surface area contributed by atoms with E-state index >= 15 is 0 Å². The molecule has 0 spiro atoms. The summed E-state index contributed by atoms with van der Waals surface area (Å²) in [6.45, 7) is 3.50. The zero-order valence-electron chi connectivity index (χ0n) is 14.5. The highest BCUT2D eigenvalue weighted by molar-refractivity contribution is 5.94. The van der Waals surface area contributed by atoms with E-state index in [1.165, 1.54) is 5.56 Å².